The van der Waals surface area contributed by atoms with E-state index in [0.29, 0.717) is 5.84 Å². The molecule has 1 fully saturated rings. The van der Waals surface area contributed by atoms with Gasteiger partial charge in [-0.15, -0.1) is 11.8 Å². The number of allylic oxidation sites excluding steroid dienone is 2. The maximum atomic E-state index is 10.4. The van der Waals surface area contributed by atoms with Crippen molar-refractivity contribution in [2.45, 2.75) is 72.1 Å². The molecule has 6 rings (SSSR count). The van der Waals surface area contributed by atoms with Crippen LogP contribution < -0.4 is 4.90 Å². The number of nitrogens with zero attached hydrogens (tertiary/aromatic N) is 2. The van der Waals surface area contributed by atoms with Crippen molar-refractivity contribution >= 4 is 41.9 Å². The summed E-state index contributed by atoms with van der Waals surface area (Å²) in [5.74, 6) is 4.12. The van der Waals surface area contributed by atoms with Crippen LogP contribution >= 0.6 is 30.4 Å². The van der Waals surface area contributed by atoms with Gasteiger partial charge >= 0.3 is 35.6 Å². The predicted octanol–water partition coefficient (Wildman–Crippen LogP) is 9.93. The molecule has 0 saturated heterocycles. The van der Waals surface area contributed by atoms with E-state index in [2.05, 4.69) is 70.6 Å². The van der Waals surface area contributed by atoms with E-state index in [1.807, 2.05) is 33.6 Å². The van der Waals surface area contributed by atoms with Crippen molar-refractivity contribution in [3.63, 3.8) is 0 Å². The Bertz CT molecular complexity index is 1110. The zero-order valence-corrected chi connectivity index (χ0v) is 26.9. The van der Waals surface area contributed by atoms with Crippen LogP contribution in [0.25, 0.3) is 5.41 Å². The SMILES string of the molecule is CC1C(C)C2SC3=C(CCCC3)C2C1C.Cc1cccc(C)c1N1Cc2ccccc2C1=[N-].[CH3-].[Cl][Ti][Cl]. The molecular formula is C31H40Cl2N2STi-2. The number of fused-ring (bicyclic) bond motifs is 3. The van der Waals surface area contributed by atoms with Crippen molar-refractivity contribution in [3.05, 3.63) is 88.0 Å². The number of anilines is 1. The van der Waals surface area contributed by atoms with Crippen molar-refractivity contribution in [3.8, 4) is 0 Å². The van der Waals surface area contributed by atoms with Gasteiger partial charge in [0.1, 0.15) is 0 Å². The number of hydrogen-bond donors (Lipinski definition) is 0. The van der Waals surface area contributed by atoms with E-state index in [1.54, 1.807) is 0 Å². The molecule has 0 amide bonds. The van der Waals surface area contributed by atoms with Crippen LogP contribution in [0.4, 0.5) is 5.69 Å². The summed E-state index contributed by atoms with van der Waals surface area (Å²) in [4.78, 5) is 3.80. The van der Waals surface area contributed by atoms with Crippen LogP contribution in [0.3, 0.4) is 0 Å². The Balaban J connectivity index is 0.000000184. The van der Waals surface area contributed by atoms with Gasteiger partial charge in [0, 0.05) is 5.25 Å². The van der Waals surface area contributed by atoms with Crippen molar-refractivity contribution in [2.75, 3.05) is 4.90 Å². The van der Waals surface area contributed by atoms with Crippen molar-refractivity contribution < 1.29 is 17.0 Å². The number of benzene rings is 2. The molecule has 2 aromatic rings. The van der Waals surface area contributed by atoms with Gasteiger partial charge in [0.15, 0.2) is 0 Å². The minimum atomic E-state index is -0.556. The van der Waals surface area contributed by atoms with Crippen LogP contribution in [-0.2, 0) is 23.6 Å². The average Bonchev–Trinajstić information content (AvgIpc) is 3.48. The van der Waals surface area contributed by atoms with Gasteiger partial charge in [-0.05, 0) is 103 Å². The monoisotopic (exact) mass is 590 g/mol. The van der Waals surface area contributed by atoms with Gasteiger partial charge in [-0.2, -0.15) is 0 Å². The van der Waals surface area contributed by atoms with Crippen LogP contribution in [-0.4, -0.2) is 11.1 Å². The summed E-state index contributed by atoms with van der Waals surface area (Å²) in [6.07, 6.45) is 5.73. The third kappa shape index (κ3) is 6.22. The molecule has 4 aliphatic rings. The molecule has 6 heteroatoms. The first-order valence-electron chi connectivity index (χ1n) is 13.1. The van der Waals surface area contributed by atoms with E-state index in [1.165, 1.54) is 42.4 Å². The first-order chi connectivity index (χ1) is 17.3. The van der Waals surface area contributed by atoms with Crippen molar-refractivity contribution in [1.82, 2.24) is 0 Å². The Hall–Kier alpha value is -0.706. The summed E-state index contributed by atoms with van der Waals surface area (Å²) >= 11 is 1.70. The van der Waals surface area contributed by atoms with Gasteiger partial charge < -0.3 is 17.7 Å². The summed E-state index contributed by atoms with van der Waals surface area (Å²) in [6.45, 7) is 12.4. The summed E-state index contributed by atoms with van der Waals surface area (Å²) < 4.78 is 0. The second-order valence-corrected chi connectivity index (χ2v) is 14.6. The number of thioether (sulfide) groups is 1. The number of amidine groups is 1. The molecule has 2 heterocycles. The normalized spacial score (nSPS) is 27.2. The molecule has 200 valence electrons. The Morgan fingerprint density at radius 3 is 2.16 bits per heavy atom. The number of aryl methyl sites for hydroxylation is 2. The van der Waals surface area contributed by atoms with Crippen LogP contribution in [0.15, 0.2) is 52.9 Å². The first kappa shape index (κ1) is 30.8. The second-order valence-electron chi connectivity index (χ2n) is 10.7. The van der Waals surface area contributed by atoms with Crippen molar-refractivity contribution in [2.24, 2.45) is 23.7 Å². The molecule has 2 aliphatic carbocycles. The molecular weight excluding hydrogens is 551 g/mol. The third-order valence-corrected chi connectivity index (χ3v) is 10.5. The quantitative estimate of drug-likeness (QED) is 0.244. The zero-order chi connectivity index (χ0) is 26.0. The molecule has 5 atom stereocenters. The number of hydrogen-bond acceptors (Lipinski definition) is 1. The Morgan fingerprint density at radius 1 is 0.892 bits per heavy atom. The molecule has 2 nitrogen and oxygen atoms in total. The Kier molecular flexibility index (Phi) is 11.3. The van der Waals surface area contributed by atoms with E-state index >= 15 is 0 Å². The number of rotatable bonds is 1. The fourth-order valence-electron chi connectivity index (χ4n) is 6.66. The topological polar surface area (TPSA) is 25.5 Å². The summed E-state index contributed by atoms with van der Waals surface area (Å²) in [5.41, 5.74) is 7.51. The molecule has 37 heavy (non-hydrogen) atoms. The van der Waals surface area contributed by atoms with Gasteiger partial charge in [0.05, 0.1) is 0 Å². The fraction of sp³-hybridized carbons (Fsp3) is 0.484. The predicted molar refractivity (Wildman–Crippen MR) is 162 cm³/mol. The van der Waals surface area contributed by atoms with Gasteiger partial charge in [0.2, 0.25) is 0 Å². The number of halogens is 2. The number of para-hydroxylation sites is 1. The molecule has 1 saturated carbocycles. The summed E-state index contributed by atoms with van der Waals surface area (Å²) in [6, 6.07) is 14.2. The van der Waals surface area contributed by atoms with Gasteiger partial charge in [-0.1, -0.05) is 74.6 Å². The maximum absolute atomic E-state index is 10.4. The van der Waals surface area contributed by atoms with Gasteiger partial charge in [0.25, 0.3) is 0 Å². The van der Waals surface area contributed by atoms with E-state index in [4.69, 9.17) is 18.6 Å². The van der Waals surface area contributed by atoms with Crippen LogP contribution in [0.2, 0.25) is 0 Å². The third-order valence-electron chi connectivity index (χ3n) is 8.79. The Morgan fingerprint density at radius 2 is 1.51 bits per heavy atom. The van der Waals surface area contributed by atoms with Crippen LogP contribution in [0, 0.1) is 44.9 Å². The molecule has 5 unspecified atom stereocenters. The second kappa shape index (κ2) is 13.6. The standard InChI is InChI=1S/C16H15N2.C14H22S.CH3.2ClH.Ti/c1-11-6-5-7-12(2)15(11)18-10-13-8-3-4-9-14(13)16(18)17;1-8-9(2)13-11-6-4-5-7-12(11)15-14(13)10(8)3;;;;/h3-9H,10H2,1-2H3;8-10,13-14H,4-7H2,1-3H3;1H3;2*1H;/q-1;;-1;;;+2/p-2. The summed E-state index contributed by atoms with van der Waals surface area (Å²) in [7, 11) is 9.78. The van der Waals surface area contributed by atoms with Gasteiger partial charge in [-0.3, -0.25) is 0 Å². The zero-order valence-electron chi connectivity index (χ0n) is 23.0. The van der Waals surface area contributed by atoms with Crippen LogP contribution in [0.1, 0.15) is 68.7 Å². The first-order valence-corrected chi connectivity index (χ1v) is 18.3. The van der Waals surface area contributed by atoms with Gasteiger partial charge in [-0.25, -0.2) is 0 Å². The molecule has 2 aromatic carbocycles. The minimum absolute atomic E-state index is 0. The molecule has 2 aliphatic heterocycles. The molecule has 0 spiro atoms. The van der Waals surface area contributed by atoms with Crippen molar-refractivity contribution in [1.29, 1.82) is 0 Å². The van der Waals surface area contributed by atoms with E-state index < -0.39 is 17.0 Å². The van der Waals surface area contributed by atoms with E-state index in [-0.39, 0.29) is 7.43 Å². The molecule has 0 N–H and O–H groups in total. The molecule has 0 bridgehead atoms. The molecule has 0 radical (unpaired) electrons. The summed E-state index contributed by atoms with van der Waals surface area (Å²) in [5, 5.41) is 11.3. The fourth-order valence-corrected chi connectivity index (χ4v) is 8.66. The molecule has 0 aromatic heterocycles. The Labute approximate surface area is 246 Å². The van der Waals surface area contributed by atoms with E-state index in [0.717, 1.165) is 46.7 Å². The van der Waals surface area contributed by atoms with Crippen LogP contribution in [0.5, 0.6) is 0 Å². The average molecular weight is 592 g/mol. The van der Waals surface area contributed by atoms with E-state index in [9.17, 15) is 5.41 Å².